The van der Waals surface area contributed by atoms with Crippen LogP contribution in [0.4, 0.5) is 11.4 Å². The van der Waals surface area contributed by atoms with Crippen LogP contribution in [-0.4, -0.2) is 23.7 Å². The fourth-order valence-electron chi connectivity index (χ4n) is 4.03. The van der Waals surface area contributed by atoms with Crippen molar-refractivity contribution in [3.05, 3.63) is 61.4 Å². The van der Waals surface area contributed by atoms with E-state index in [1.165, 1.54) is 17.3 Å². The third kappa shape index (κ3) is 4.34. The number of hydrogen-bond donors (Lipinski definition) is 1. The quantitative estimate of drug-likeness (QED) is 0.447. The Morgan fingerprint density at radius 3 is 2.71 bits per heavy atom. The smallest absolute Gasteiger partial charge is 0.264 e. The summed E-state index contributed by atoms with van der Waals surface area (Å²) in [4.78, 5) is 19.8. The molecule has 1 saturated heterocycles. The van der Waals surface area contributed by atoms with Crippen molar-refractivity contribution in [2.24, 2.45) is 4.99 Å². The third-order valence-corrected chi connectivity index (χ3v) is 7.89. The van der Waals surface area contributed by atoms with Crippen LogP contribution in [0.25, 0.3) is 6.08 Å². The fraction of sp³-hybridized carbons (Fsp3) is 0.304. The molecule has 1 fully saturated rings. The molecule has 0 spiro atoms. The number of nitrogens with zero attached hydrogens (tertiary/aromatic N) is 2. The highest BCUT2D eigenvalue weighted by Crippen LogP contribution is 2.45. The second-order valence-corrected chi connectivity index (χ2v) is 10.7. The molecule has 1 N–H and O–H groups in total. The monoisotopic (exact) mass is 493 g/mol. The van der Waals surface area contributed by atoms with Gasteiger partial charge in [-0.3, -0.25) is 4.79 Å². The van der Waals surface area contributed by atoms with Crippen molar-refractivity contribution >= 4 is 75.1 Å². The van der Waals surface area contributed by atoms with Crippen LogP contribution in [0.1, 0.15) is 44.2 Å². The number of carbonyl (C=O) groups is 1. The summed E-state index contributed by atoms with van der Waals surface area (Å²) < 4.78 is 0. The van der Waals surface area contributed by atoms with E-state index in [4.69, 9.17) is 34.8 Å². The second kappa shape index (κ2) is 8.36. The topological polar surface area (TPSA) is 44.7 Å². The first-order valence-corrected chi connectivity index (χ1v) is 11.8. The average molecular weight is 495 g/mol. The normalized spacial score (nSPS) is 22.7. The Bertz CT molecular complexity index is 1140. The minimum absolute atomic E-state index is 0.0594. The van der Waals surface area contributed by atoms with Gasteiger partial charge in [0.25, 0.3) is 5.91 Å². The Kier molecular flexibility index (Phi) is 6.08. The summed E-state index contributed by atoms with van der Waals surface area (Å²) in [5.41, 5.74) is 3.76. The zero-order valence-corrected chi connectivity index (χ0v) is 20.7. The summed E-state index contributed by atoms with van der Waals surface area (Å²) in [6, 6.07) is 9.29. The van der Waals surface area contributed by atoms with Crippen LogP contribution in [0.3, 0.4) is 0 Å². The molecule has 0 aromatic heterocycles. The lowest BCUT2D eigenvalue weighted by atomic mass is 9.80. The van der Waals surface area contributed by atoms with Crippen LogP contribution >= 0.6 is 46.6 Å². The van der Waals surface area contributed by atoms with Gasteiger partial charge in [-0.05, 0) is 79.4 Å². The summed E-state index contributed by atoms with van der Waals surface area (Å²) in [5.74, 6) is 0.171. The SMILES string of the molecule is CC1CC(C)(C)N(C)c2cc(Cl)c(/C=C3/SC(=Nc4cccc(Cl)c4Cl)NC3=O)cc21. The van der Waals surface area contributed by atoms with E-state index in [0.29, 0.717) is 36.7 Å². The van der Waals surface area contributed by atoms with Crippen LogP contribution in [0.5, 0.6) is 0 Å². The van der Waals surface area contributed by atoms with Gasteiger partial charge in [0, 0.05) is 23.3 Å². The number of hydrogen-bond acceptors (Lipinski definition) is 4. The maximum atomic E-state index is 12.5. The van der Waals surface area contributed by atoms with Gasteiger partial charge in [-0.25, -0.2) is 4.99 Å². The molecule has 31 heavy (non-hydrogen) atoms. The molecule has 1 unspecified atom stereocenters. The van der Waals surface area contributed by atoms with E-state index in [2.05, 4.69) is 49.1 Å². The van der Waals surface area contributed by atoms with E-state index in [0.717, 1.165) is 17.7 Å². The number of rotatable bonds is 2. The summed E-state index contributed by atoms with van der Waals surface area (Å²) in [7, 11) is 2.10. The Labute approximate surface area is 201 Å². The number of halogens is 3. The Morgan fingerprint density at radius 2 is 1.97 bits per heavy atom. The Hall–Kier alpha value is -1.66. The minimum atomic E-state index is -0.220. The molecule has 0 radical (unpaired) electrons. The van der Waals surface area contributed by atoms with Crippen molar-refractivity contribution < 1.29 is 4.79 Å². The average Bonchev–Trinajstić information content (AvgIpc) is 3.03. The van der Waals surface area contributed by atoms with E-state index < -0.39 is 0 Å². The van der Waals surface area contributed by atoms with Crippen molar-refractivity contribution in [3.8, 4) is 0 Å². The van der Waals surface area contributed by atoms with E-state index in [-0.39, 0.29) is 11.4 Å². The van der Waals surface area contributed by atoms with E-state index in [1.54, 1.807) is 18.2 Å². The first-order chi connectivity index (χ1) is 14.6. The standard InChI is InChI=1S/C23H22Cl3N3OS/c1-12-11-23(2,3)29(4)18-10-16(25)13(8-14(12)18)9-19-21(30)28-22(31-19)27-17-7-5-6-15(24)20(17)26/h5-10,12H,11H2,1-4H3,(H,27,28,30)/b19-9+. The third-order valence-electron chi connectivity index (χ3n) is 5.84. The van der Waals surface area contributed by atoms with Gasteiger partial charge in [-0.2, -0.15) is 0 Å². The lowest BCUT2D eigenvalue weighted by Crippen LogP contribution is -2.45. The van der Waals surface area contributed by atoms with Gasteiger partial charge >= 0.3 is 0 Å². The molecule has 2 aliphatic rings. The minimum Gasteiger partial charge on any atom is -0.369 e. The van der Waals surface area contributed by atoms with Crippen molar-refractivity contribution in [1.29, 1.82) is 0 Å². The van der Waals surface area contributed by atoms with E-state index >= 15 is 0 Å². The highest BCUT2D eigenvalue weighted by atomic mass is 35.5. The summed E-state index contributed by atoms with van der Waals surface area (Å²) in [6.07, 6.45) is 2.86. The molecule has 8 heteroatoms. The number of amidine groups is 1. The van der Waals surface area contributed by atoms with Gasteiger partial charge < -0.3 is 10.2 Å². The number of aliphatic imine (C=N–C) groups is 1. The molecule has 2 aromatic carbocycles. The summed E-state index contributed by atoms with van der Waals surface area (Å²) in [5, 5.41) is 4.60. The fourth-order valence-corrected chi connectivity index (χ4v) is 5.40. The van der Waals surface area contributed by atoms with Crippen LogP contribution in [-0.2, 0) is 4.79 Å². The first kappa shape index (κ1) is 22.5. The summed E-state index contributed by atoms with van der Waals surface area (Å²) >= 11 is 20.1. The highest BCUT2D eigenvalue weighted by Gasteiger charge is 2.34. The largest absolute Gasteiger partial charge is 0.369 e. The molecule has 0 aliphatic carbocycles. The van der Waals surface area contributed by atoms with Crippen molar-refractivity contribution in [2.75, 3.05) is 11.9 Å². The number of anilines is 1. The molecule has 0 saturated carbocycles. The first-order valence-electron chi connectivity index (χ1n) is 9.87. The number of amides is 1. The van der Waals surface area contributed by atoms with E-state index in [1.807, 2.05) is 12.1 Å². The lowest BCUT2D eigenvalue weighted by Gasteiger charge is -2.45. The van der Waals surface area contributed by atoms with Crippen LogP contribution in [0.15, 0.2) is 40.2 Å². The maximum absolute atomic E-state index is 12.5. The molecule has 2 aliphatic heterocycles. The van der Waals surface area contributed by atoms with Gasteiger partial charge in [-0.15, -0.1) is 0 Å². The van der Waals surface area contributed by atoms with Crippen molar-refractivity contribution in [2.45, 2.75) is 38.6 Å². The Morgan fingerprint density at radius 1 is 1.23 bits per heavy atom. The highest BCUT2D eigenvalue weighted by molar-refractivity contribution is 8.18. The molecule has 0 bridgehead atoms. The zero-order valence-electron chi connectivity index (χ0n) is 17.6. The van der Waals surface area contributed by atoms with Gasteiger partial charge in [0.1, 0.15) is 0 Å². The number of benzene rings is 2. The predicted molar refractivity (Wildman–Crippen MR) is 134 cm³/mol. The second-order valence-electron chi connectivity index (χ2n) is 8.46. The number of thioether (sulfide) groups is 1. The number of nitrogens with one attached hydrogen (secondary N) is 1. The summed E-state index contributed by atoms with van der Waals surface area (Å²) in [6.45, 7) is 6.71. The molecule has 2 heterocycles. The maximum Gasteiger partial charge on any atom is 0.264 e. The van der Waals surface area contributed by atoms with Crippen LogP contribution in [0, 0.1) is 0 Å². The van der Waals surface area contributed by atoms with Crippen LogP contribution in [0.2, 0.25) is 15.1 Å². The molecule has 1 atom stereocenters. The van der Waals surface area contributed by atoms with E-state index in [9.17, 15) is 4.79 Å². The molecular weight excluding hydrogens is 473 g/mol. The van der Waals surface area contributed by atoms with Gasteiger partial charge in [0.2, 0.25) is 0 Å². The molecule has 2 aromatic rings. The Balaban J connectivity index is 1.67. The molecule has 4 rings (SSSR count). The van der Waals surface area contributed by atoms with Crippen molar-refractivity contribution in [3.63, 3.8) is 0 Å². The molecular formula is C23H22Cl3N3OS. The van der Waals surface area contributed by atoms with Crippen molar-refractivity contribution in [1.82, 2.24) is 5.32 Å². The predicted octanol–water partition coefficient (Wildman–Crippen LogP) is 7.26. The number of fused-ring (bicyclic) bond motifs is 1. The lowest BCUT2D eigenvalue weighted by molar-refractivity contribution is -0.115. The van der Waals surface area contributed by atoms with Gasteiger partial charge in [0.15, 0.2) is 5.17 Å². The van der Waals surface area contributed by atoms with Gasteiger partial charge in [0.05, 0.1) is 20.6 Å². The zero-order chi connectivity index (χ0) is 22.5. The van der Waals surface area contributed by atoms with Crippen LogP contribution < -0.4 is 10.2 Å². The van der Waals surface area contributed by atoms with Gasteiger partial charge in [-0.1, -0.05) is 47.8 Å². The molecule has 1 amide bonds. The molecule has 4 nitrogen and oxygen atoms in total. The molecule has 162 valence electrons. The number of carbonyl (C=O) groups excluding carboxylic acids is 1.